The van der Waals surface area contributed by atoms with Gasteiger partial charge in [-0.05, 0) is 43.7 Å². The van der Waals surface area contributed by atoms with E-state index in [-0.39, 0.29) is 18.5 Å². The van der Waals surface area contributed by atoms with E-state index in [4.69, 9.17) is 21.1 Å². The van der Waals surface area contributed by atoms with Crippen LogP contribution in [0.15, 0.2) is 59.8 Å². The Morgan fingerprint density at radius 2 is 1.79 bits per heavy atom. The van der Waals surface area contributed by atoms with Gasteiger partial charge < -0.3 is 19.7 Å². The molecule has 0 unspecified atom stereocenters. The summed E-state index contributed by atoms with van der Waals surface area (Å²) in [5.41, 5.74) is 2.21. The molecule has 2 aliphatic heterocycles. The molecule has 202 valence electrons. The molecule has 0 aromatic heterocycles. The van der Waals surface area contributed by atoms with Gasteiger partial charge in [-0.2, -0.15) is 0 Å². The minimum atomic E-state index is -0.723. The van der Waals surface area contributed by atoms with E-state index in [0.29, 0.717) is 65.9 Å². The fourth-order valence-corrected chi connectivity index (χ4v) is 4.98. The molecule has 1 atom stereocenters. The average Bonchev–Trinajstić information content (AvgIpc) is 3.16. The molecular weight excluding hydrogens is 508 g/mol. The van der Waals surface area contributed by atoms with Crippen LogP contribution >= 0.6 is 11.6 Å². The number of carbonyl (C=O) groups excluding carboxylic acids is 3. The summed E-state index contributed by atoms with van der Waals surface area (Å²) < 4.78 is 11.0. The lowest BCUT2D eigenvalue weighted by Gasteiger charge is -2.37. The molecule has 0 aliphatic carbocycles. The van der Waals surface area contributed by atoms with Gasteiger partial charge in [-0.3, -0.25) is 14.6 Å². The molecule has 3 amide bonds. The molecule has 2 aromatic carbocycles. The van der Waals surface area contributed by atoms with Gasteiger partial charge in [-0.25, -0.2) is 9.59 Å². The second-order valence-corrected chi connectivity index (χ2v) is 9.63. The van der Waals surface area contributed by atoms with E-state index in [0.717, 1.165) is 6.42 Å². The first-order valence-corrected chi connectivity index (χ1v) is 13.1. The number of carbonyl (C=O) groups is 3. The van der Waals surface area contributed by atoms with Gasteiger partial charge in [0.15, 0.2) is 0 Å². The van der Waals surface area contributed by atoms with Crippen molar-refractivity contribution in [3.05, 3.63) is 76.0 Å². The number of ether oxygens (including phenoxy) is 2. The van der Waals surface area contributed by atoms with Crippen LogP contribution in [-0.4, -0.2) is 86.1 Å². The van der Waals surface area contributed by atoms with Crippen molar-refractivity contribution < 1.29 is 23.9 Å². The van der Waals surface area contributed by atoms with Crippen LogP contribution in [0, 0.1) is 0 Å². The van der Waals surface area contributed by atoms with E-state index in [1.54, 1.807) is 51.4 Å². The van der Waals surface area contributed by atoms with Gasteiger partial charge in [0, 0.05) is 61.6 Å². The molecule has 4 rings (SSSR count). The van der Waals surface area contributed by atoms with Crippen LogP contribution in [0.4, 0.5) is 4.79 Å². The highest BCUT2D eigenvalue weighted by Gasteiger charge is 2.38. The van der Waals surface area contributed by atoms with Crippen molar-refractivity contribution in [1.82, 2.24) is 20.0 Å². The van der Waals surface area contributed by atoms with Crippen molar-refractivity contribution in [2.24, 2.45) is 0 Å². The summed E-state index contributed by atoms with van der Waals surface area (Å²) >= 11 is 5.97. The van der Waals surface area contributed by atoms with Gasteiger partial charge in [0.1, 0.15) is 5.75 Å². The quantitative estimate of drug-likeness (QED) is 0.538. The predicted molar refractivity (Wildman–Crippen MR) is 144 cm³/mol. The molecule has 1 saturated heterocycles. The van der Waals surface area contributed by atoms with Crippen molar-refractivity contribution in [3.63, 3.8) is 0 Å². The van der Waals surface area contributed by atoms with Crippen molar-refractivity contribution in [3.8, 4) is 5.75 Å². The summed E-state index contributed by atoms with van der Waals surface area (Å²) in [4.78, 5) is 44.9. The number of urea groups is 1. The van der Waals surface area contributed by atoms with Gasteiger partial charge in [0.2, 0.25) is 0 Å². The Bertz CT molecular complexity index is 1220. The topological polar surface area (TPSA) is 91.4 Å². The molecule has 38 heavy (non-hydrogen) atoms. The molecule has 0 saturated carbocycles. The highest BCUT2D eigenvalue weighted by atomic mass is 35.5. The average molecular weight is 541 g/mol. The maximum Gasteiger partial charge on any atom is 0.338 e. The van der Waals surface area contributed by atoms with Crippen LogP contribution in [-0.2, 0) is 9.53 Å². The predicted octanol–water partition coefficient (Wildman–Crippen LogP) is 3.71. The van der Waals surface area contributed by atoms with Gasteiger partial charge >= 0.3 is 12.0 Å². The summed E-state index contributed by atoms with van der Waals surface area (Å²) in [6.45, 7) is 4.75. The number of hydrogen-bond acceptors (Lipinski definition) is 6. The Kier molecular flexibility index (Phi) is 8.91. The lowest BCUT2D eigenvalue weighted by molar-refractivity contribution is -0.139. The summed E-state index contributed by atoms with van der Waals surface area (Å²) in [6.07, 6.45) is 0.757. The number of nitrogens with one attached hydrogen (secondary N) is 1. The molecule has 9 nitrogen and oxygen atoms in total. The minimum absolute atomic E-state index is 0.0413. The van der Waals surface area contributed by atoms with Crippen molar-refractivity contribution >= 4 is 29.5 Å². The zero-order chi connectivity index (χ0) is 27.2. The molecule has 1 N–H and O–H groups in total. The van der Waals surface area contributed by atoms with Gasteiger partial charge in [0.25, 0.3) is 5.91 Å². The SMILES string of the molecule is CCOC(=O)C1=C(CN2CCCN(C(=O)c3ccc(Cl)cc3)CC2)N(C)C(=O)N[C@H]1c1ccccc1OC. The lowest BCUT2D eigenvalue weighted by atomic mass is 9.93. The van der Waals surface area contributed by atoms with E-state index in [2.05, 4.69) is 10.2 Å². The molecule has 2 aromatic rings. The van der Waals surface area contributed by atoms with Crippen LogP contribution in [0.2, 0.25) is 5.02 Å². The summed E-state index contributed by atoms with van der Waals surface area (Å²) in [6, 6.07) is 13.1. The smallest absolute Gasteiger partial charge is 0.338 e. The lowest BCUT2D eigenvalue weighted by Crippen LogP contribution is -2.49. The number of rotatable bonds is 7. The Hall–Kier alpha value is -3.56. The van der Waals surface area contributed by atoms with Gasteiger partial charge in [-0.15, -0.1) is 0 Å². The number of para-hydroxylation sites is 1. The molecule has 0 spiro atoms. The summed E-state index contributed by atoms with van der Waals surface area (Å²) in [5, 5.41) is 3.52. The van der Waals surface area contributed by atoms with E-state index >= 15 is 0 Å². The van der Waals surface area contributed by atoms with Crippen molar-refractivity contribution in [1.29, 1.82) is 0 Å². The Balaban J connectivity index is 1.61. The first kappa shape index (κ1) is 27.5. The van der Waals surface area contributed by atoms with Gasteiger partial charge in [0.05, 0.1) is 25.3 Å². The Labute approximate surface area is 227 Å². The monoisotopic (exact) mass is 540 g/mol. The maximum atomic E-state index is 13.3. The standard InChI is InChI=1S/C28H33ClN4O5/c1-4-38-27(35)24-22(31(2)28(36)30-25(24)21-8-5-6-9-23(21)37-3)18-32-14-7-15-33(17-16-32)26(34)19-10-12-20(29)13-11-19/h5-6,8-13,25H,4,7,14-18H2,1-3H3,(H,30,36)/t25-/m0/s1. The van der Waals surface area contributed by atoms with Crippen LogP contribution in [0.1, 0.15) is 35.3 Å². The highest BCUT2D eigenvalue weighted by Crippen LogP contribution is 2.36. The zero-order valence-corrected chi connectivity index (χ0v) is 22.7. The van der Waals surface area contributed by atoms with E-state index in [1.165, 1.54) is 4.90 Å². The number of amides is 3. The molecule has 2 aliphatic rings. The normalized spacial score (nSPS) is 18.6. The number of halogens is 1. The van der Waals surface area contributed by atoms with Crippen LogP contribution in [0.5, 0.6) is 5.75 Å². The minimum Gasteiger partial charge on any atom is -0.496 e. The third-order valence-electron chi connectivity index (χ3n) is 6.86. The largest absolute Gasteiger partial charge is 0.496 e. The van der Waals surface area contributed by atoms with E-state index < -0.39 is 12.0 Å². The number of likely N-dealkylation sites (N-methyl/N-ethyl adjacent to an activating group) is 1. The molecule has 2 heterocycles. The van der Waals surface area contributed by atoms with Gasteiger partial charge in [-0.1, -0.05) is 29.8 Å². The van der Waals surface area contributed by atoms with Crippen LogP contribution in [0.25, 0.3) is 0 Å². The second-order valence-electron chi connectivity index (χ2n) is 9.19. The zero-order valence-electron chi connectivity index (χ0n) is 21.9. The molecule has 1 fully saturated rings. The molecular formula is C28H33ClN4O5. The fourth-order valence-electron chi connectivity index (χ4n) is 4.86. The van der Waals surface area contributed by atoms with Crippen molar-refractivity contribution in [2.75, 3.05) is 53.5 Å². The summed E-state index contributed by atoms with van der Waals surface area (Å²) in [7, 11) is 3.20. The fraction of sp³-hybridized carbons (Fsp3) is 0.393. The third-order valence-corrected chi connectivity index (χ3v) is 7.11. The third kappa shape index (κ3) is 5.95. The molecule has 0 radical (unpaired) electrons. The number of esters is 1. The van der Waals surface area contributed by atoms with E-state index in [9.17, 15) is 14.4 Å². The summed E-state index contributed by atoms with van der Waals surface area (Å²) in [5.74, 6) is 0.0367. The van der Waals surface area contributed by atoms with Crippen molar-refractivity contribution in [2.45, 2.75) is 19.4 Å². The second kappa shape index (κ2) is 12.3. The maximum absolute atomic E-state index is 13.3. The number of methoxy groups -OCH3 is 1. The number of benzene rings is 2. The van der Waals surface area contributed by atoms with Crippen LogP contribution in [0.3, 0.4) is 0 Å². The molecule has 0 bridgehead atoms. The Morgan fingerprint density at radius 1 is 1.05 bits per heavy atom. The highest BCUT2D eigenvalue weighted by molar-refractivity contribution is 6.30. The van der Waals surface area contributed by atoms with Crippen LogP contribution < -0.4 is 10.1 Å². The number of hydrogen-bond donors (Lipinski definition) is 1. The van der Waals surface area contributed by atoms with E-state index in [1.807, 2.05) is 23.1 Å². The molecule has 10 heteroatoms. The first-order valence-electron chi connectivity index (χ1n) is 12.7. The Morgan fingerprint density at radius 3 is 2.50 bits per heavy atom. The number of nitrogens with zero attached hydrogens (tertiary/aromatic N) is 3. The first-order chi connectivity index (χ1) is 18.3.